The number of carbonyl (C=O) groups excluding carboxylic acids is 2. The second kappa shape index (κ2) is 10.3. The Morgan fingerprint density at radius 1 is 1.10 bits per heavy atom. The predicted octanol–water partition coefficient (Wildman–Crippen LogP) is 4.32. The molecule has 6 heteroatoms. The Morgan fingerprint density at radius 2 is 1.84 bits per heavy atom. The minimum absolute atomic E-state index is 0.191. The standard InChI is InChI=1S/C25H32N2O3S/c1-5-26(6-2)15-16-27-21-13-8-9-14-22(21)31-25(23(27)28,24(29)30-7-3)18-20-12-10-11-19(4)17-20/h8-14,17H,5-7,15-16,18H2,1-4H3. The monoisotopic (exact) mass is 440 g/mol. The Labute approximate surface area is 189 Å². The van der Waals surface area contributed by atoms with Gasteiger partial charge in [0.25, 0.3) is 5.91 Å². The molecule has 0 aromatic heterocycles. The van der Waals surface area contributed by atoms with Crippen molar-refractivity contribution in [3.05, 3.63) is 59.7 Å². The fourth-order valence-corrected chi connectivity index (χ4v) is 5.38. The van der Waals surface area contributed by atoms with Crippen LogP contribution >= 0.6 is 11.8 Å². The second-order valence-corrected chi connectivity index (χ2v) is 9.11. The van der Waals surface area contributed by atoms with Gasteiger partial charge in [-0.2, -0.15) is 0 Å². The van der Waals surface area contributed by atoms with Gasteiger partial charge in [-0.15, -0.1) is 0 Å². The summed E-state index contributed by atoms with van der Waals surface area (Å²) in [7, 11) is 0. The van der Waals surface area contributed by atoms with E-state index in [1.165, 1.54) is 11.8 Å². The lowest BCUT2D eigenvalue weighted by atomic mass is 9.95. The number of likely N-dealkylation sites (N-methyl/N-ethyl adjacent to an activating group) is 1. The highest BCUT2D eigenvalue weighted by Gasteiger charge is 2.54. The highest BCUT2D eigenvalue weighted by Crippen LogP contribution is 2.47. The van der Waals surface area contributed by atoms with Gasteiger partial charge in [0.1, 0.15) is 0 Å². The number of amides is 1. The summed E-state index contributed by atoms with van der Waals surface area (Å²) >= 11 is 1.33. The number of anilines is 1. The predicted molar refractivity (Wildman–Crippen MR) is 127 cm³/mol. The van der Waals surface area contributed by atoms with Gasteiger partial charge in [0.05, 0.1) is 12.3 Å². The summed E-state index contributed by atoms with van der Waals surface area (Å²) in [5.74, 6) is -0.655. The number of para-hydroxylation sites is 1. The van der Waals surface area contributed by atoms with Crippen molar-refractivity contribution < 1.29 is 14.3 Å². The summed E-state index contributed by atoms with van der Waals surface area (Å²) in [4.78, 5) is 32.3. The summed E-state index contributed by atoms with van der Waals surface area (Å²) in [5, 5.41) is 0. The van der Waals surface area contributed by atoms with Crippen LogP contribution in [-0.4, -0.2) is 54.3 Å². The minimum Gasteiger partial charge on any atom is -0.465 e. The maximum Gasteiger partial charge on any atom is 0.332 e. The molecule has 2 aromatic rings. The summed E-state index contributed by atoms with van der Waals surface area (Å²) in [5.41, 5.74) is 2.93. The highest BCUT2D eigenvalue weighted by atomic mass is 32.2. The van der Waals surface area contributed by atoms with Crippen molar-refractivity contribution in [2.45, 2.75) is 43.8 Å². The Balaban J connectivity index is 2.05. The van der Waals surface area contributed by atoms with Crippen molar-refractivity contribution in [2.75, 3.05) is 37.7 Å². The number of fused-ring (bicyclic) bond motifs is 1. The number of esters is 1. The van der Waals surface area contributed by atoms with Crippen molar-refractivity contribution >= 4 is 29.3 Å². The largest absolute Gasteiger partial charge is 0.465 e. The molecule has 0 radical (unpaired) electrons. The summed E-state index contributed by atoms with van der Waals surface area (Å²) < 4.78 is 4.14. The van der Waals surface area contributed by atoms with E-state index >= 15 is 0 Å². The van der Waals surface area contributed by atoms with E-state index < -0.39 is 10.7 Å². The third-order valence-corrected chi connectivity index (χ3v) is 7.11. The number of rotatable bonds is 9. The Hall–Kier alpha value is -2.31. The highest BCUT2D eigenvalue weighted by molar-refractivity contribution is 8.02. The van der Waals surface area contributed by atoms with E-state index in [1.54, 1.807) is 11.8 Å². The maximum atomic E-state index is 14.0. The van der Waals surface area contributed by atoms with Crippen LogP contribution in [0, 0.1) is 6.92 Å². The summed E-state index contributed by atoms with van der Waals surface area (Å²) in [6.45, 7) is 11.4. The molecule has 5 nitrogen and oxygen atoms in total. The van der Waals surface area contributed by atoms with Crippen LogP contribution in [0.4, 0.5) is 5.69 Å². The number of hydrogen-bond acceptors (Lipinski definition) is 5. The SMILES string of the molecule is CCOC(=O)C1(Cc2cccc(C)c2)Sc2ccccc2N(CCN(CC)CC)C1=O. The van der Waals surface area contributed by atoms with Crippen molar-refractivity contribution in [2.24, 2.45) is 0 Å². The first-order valence-electron chi connectivity index (χ1n) is 11.0. The van der Waals surface area contributed by atoms with Crippen molar-refractivity contribution in [1.29, 1.82) is 0 Å². The van der Waals surface area contributed by atoms with Gasteiger partial charge in [0, 0.05) is 24.4 Å². The van der Waals surface area contributed by atoms with Gasteiger partial charge in [-0.1, -0.05) is 67.6 Å². The van der Waals surface area contributed by atoms with E-state index in [2.05, 4.69) is 18.7 Å². The molecule has 1 aliphatic heterocycles. The van der Waals surface area contributed by atoms with Crippen LogP contribution in [-0.2, 0) is 20.7 Å². The van der Waals surface area contributed by atoms with Crippen LogP contribution < -0.4 is 4.90 Å². The average molecular weight is 441 g/mol. The Bertz CT molecular complexity index is 928. The summed E-state index contributed by atoms with van der Waals surface area (Å²) in [6.07, 6.45) is 0.299. The zero-order valence-electron chi connectivity index (χ0n) is 18.9. The molecule has 31 heavy (non-hydrogen) atoms. The first-order chi connectivity index (χ1) is 14.9. The van der Waals surface area contributed by atoms with E-state index in [1.807, 2.05) is 55.5 Å². The van der Waals surface area contributed by atoms with Crippen molar-refractivity contribution in [1.82, 2.24) is 4.90 Å². The molecule has 0 bridgehead atoms. The Morgan fingerprint density at radius 3 is 2.52 bits per heavy atom. The van der Waals surface area contributed by atoms with Gasteiger partial charge in [-0.3, -0.25) is 4.79 Å². The van der Waals surface area contributed by atoms with Crippen LogP contribution in [0.2, 0.25) is 0 Å². The molecule has 0 N–H and O–H groups in total. The van der Waals surface area contributed by atoms with Crippen LogP contribution in [0.15, 0.2) is 53.4 Å². The van der Waals surface area contributed by atoms with Gasteiger partial charge >= 0.3 is 5.97 Å². The molecule has 0 spiro atoms. The van der Waals surface area contributed by atoms with Gasteiger partial charge in [0.15, 0.2) is 0 Å². The lowest BCUT2D eigenvalue weighted by molar-refractivity contribution is -0.149. The zero-order valence-corrected chi connectivity index (χ0v) is 19.7. The lowest BCUT2D eigenvalue weighted by Crippen LogP contribution is -2.57. The van der Waals surface area contributed by atoms with E-state index in [0.717, 1.165) is 41.3 Å². The minimum atomic E-state index is -1.33. The third-order valence-electron chi connectivity index (χ3n) is 5.71. The van der Waals surface area contributed by atoms with E-state index in [4.69, 9.17) is 4.74 Å². The quantitative estimate of drug-likeness (QED) is 0.429. The fourth-order valence-electron chi connectivity index (χ4n) is 4.00. The molecule has 1 amide bonds. The molecule has 1 heterocycles. The molecular formula is C25H32N2O3S. The van der Waals surface area contributed by atoms with Gasteiger partial charge < -0.3 is 14.5 Å². The topological polar surface area (TPSA) is 49.9 Å². The smallest absolute Gasteiger partial charge is 0.332 e. The normalized spacial score (nSPS) is 18.2. The molecule has 1 unspecified atom stereocenters. The van der Waals surface area contributed by atoms with Crippen LogP contribution in [0.5, 0.6) is 0 Å². The van der Waals surface area contributed by atoms with Crippen molar-refractivity contribution in [3.8, 4) is 0 Å². The number of aryl methyl sites for hydroxylation is 1. The van der Waals surface area contributed by atoms with E-state index in [-0.39, 0.29) is 12.5 Å². The Kier molecular flexibility index (Phi) is 7.79. The molecule has 3 rings (SSSR count). The molecule has 1 atom stereocenters. The number of nitrogens with zero attached hydrogens (tertiary/aromatic N) is 2. The van der Waals surface area contributed by atoms with Gasteiger partial charge in [-0.25, -0.2) is 4.79 Å². The molecule has 0 fully saturated rings. The fraction of sp³-hybridized carbons (Fsp3) is 0.440. The third kappa shape index (κ3) is 4.96. The average Bonchev–Trinajstić information content (AvgIpc) is 2.76. The molecule has 166 valence electrons. The molecule has 1 aliphatic rings. The summed E-state index contributed by atoms with van der Waals surface area (Å²) in [6, 6.07) is 15.8. The van der Waals surface area contributed by atoms with Crippen molar-refractivity contribution in [3.63, 3.8) is 0 Å². The molecule has 0 aliphatic carbocycles. The maximum absolute atomic E-state index is 14.0. The second-order valence-electron chi connectivity index (χ2n) is 7.77. The molecule has 0 saturated carbocycles. The first-order valence-corrected chi connectivity index (χ1v) is 11.8. The number of benzene rings is 2. The molecule has 0 saturated heterocycles. The van der Waals surface area contributed by atoms with Gasteiger partial charge in [-0.05, 0) is 44.6 Å². The van der Waals surface area contributed by atoms with E-state index in [9.17, 15) is 9.59 Å². The van der Waals surface area contributed by atoms with Crippen LogP contribution in [0.25, 0.3) is 0 Å². The number of hydrogen-bond donors (Lipinski definition) is 0. The number of ether oxygens (including phenoxy) is 1. The first kappa shape index (κ1) is 23.4. The van der Waals surface area contributed by atoms with Gasteiger partial charge in [0.2, 0.25) is 4.75 Å². The lowest BCUT2D eigenvalue weighted by Gasteiger charge is -2.41. The number of carbonyl (C=O) groups is 2. The number of thioether (sulfide) groups is 1. The van der Waals surface area contributed by atoms with Crippen LogP contribution in [0.3, 0.4) is 0 Å². The molecular weight excluding hydrogens is 408 g/mol. The van der Waals surface area contributed by atoms with E-state index in [0.29, 0.717) is 13.0 Å². The molecule has 2 aromatic carbocycles. The zero-order chi connectivity index (χ0) is 22.4. The van der Waals surface area contributed by atoms with Crippen LogP contribution in [0.1, 0.15) is 31.9 Å².